The van der Waals surface area contributed by atoms with E-state index in [1.807, 2.05) is 7.05 Å². The van der Waals surface area contributed by atoms with E-state index in [1.165, 1.54) is 0 Å². The molecule has 0 aliphatic rings. The van der Waals surface area contributed by atoms with Gasteiger partial charge in [-0.15, -0.1) is 0 Å². The highest BCUT2D eigenvalue weighted by Crippen LogP contribution is 2.09. The van der Waals surface area contributed by atoms with Crippen LogP contribution in [0.3, 0.4) is 0 Å². The molecular weight excluding hydrogens is 206 g/mol. The molecule has 0 aliphatic carbocycles. The summed E-state index contributed by atoms with van der Waals surface area (Å²) >= 11 is 5.63. The minimum absolute atomic E-state index is 0.0942. The molecule has 0 atom stereocenters. The molecule has 0 aliphatic heterocycles. The highest BCUT2D eigenvalue weighted by atomic mass is 35.5. The van der Waals surface area contributed by atoms with Crippen LogP contribution >= 0.6 is 11.6 Å². The van der Waals surface area contributed by atoms with E-state index in [0.29, 0.717) is 19.1 Å². The first-order valence-corrected chi connectivity index (χ1v) is 4.38. The second kappa shape index (κ2) is 4.92. The van der Waals surface area contributed by atoms with Crippen LogP contribution in [0.25, 0.3) is 0 Å². The first kappa shape index (κ1) is 10.9. The van der Waals surface area contributed by atoms with Crippen molar-refractivity contribution in [2.45, 2.75) is 0 Å². The number of nitrogens with zero attached hydrogens (tertiary/aromatic N) is 4. The second-order valence-corrected chi connectivity index (χ2v) is 3.02. The average Bonchev–Trinajstić information content (AvgIpc) is 2.12. The third-order valence-electron chi connectivity index (χ3n) is 1.59. The van der Waals surface area contributed by atoms with E-state index >= 15 is 0 Å². The molecule has 2 N–H and O–H groups in total. The zero-order valence-corrected chi connectivity index (χ0v) is 8.82. The molecule has 14 heavy (non-hydrogen) atoms. The molecule has 0 spiro atoms. The van der Waals surface area contributed by atoms with Crippen molar-refractivity contribution >= 4 is 23.5 Å². The zero-order valence-electron chi connectivity index (χ0n) is 8.07. The van der Waals surface area contributed by atoms with Crippen LogP contribution in [0.2, 0.25) is 5.28 Å². The molecule has 7 heteroatoms. The fourth-order valence-electron chi connectivity index (χ4n) is 0.853. The molecule has 1 heterocycles. The van der Waals surface area contributed by atoms with Crippen molar-refractivity contribution in [1.82, 2.24) is 15.0 Å². The van der Waals surface area contributed by atoms with Crippen LogP contribution in [0.1, 0.15) is 0 Å². The summed E-state index contributed by atoms with van der Waals surface area (Å²) in [6, 6.07) is 0. The molecule has 0 amide bonds. The van der Waals surface area contributed by atoms with E-state index in [2.05, 4.69) is 15.0 Å². The molecule has 0 radical (unpaired) electrons. The van der Waals surface area contributed by atoms with Gasteiger partial charge in [0.2, 0.25) is 17.2 Å². The minimum atomic E-state index is 0.0942. The molecule has 0 saturated carbocycles. The Morgan fingerprint density at radius 1 is 1.43 bits per heavy atom. The second-order valence-electron chi connectivity index (χ2n) is 2.68. The van der Waals surface area contributed by atoms with Gasteiger partial charge in [0.1, 0.15) is 0 Å². The van der Waals surface area contributed by atoms with Gasteiger partial charge in [-0.05, 0) is 11.6 Å². The van der Waals surface area contributed by atoms with Crippen LogP contribution in [-0.2, 0) is 4.74 Å². The van der Waals surface area contributed by atoms with Gasteiger partial charge in [0.25, 0.3) is 0 Å². The van der Waals surface area contributed by atoms with E-state index < -0.39 is 0 Å². The number of ether oxygens (including phenoxy) is 1. The summed E-state index contributed by atoms with van der Waals surface area (Å²) in [7, 11) is 3.45. The summed E-state index contributed by atoms with van der Waals surface area (Å²) in [5.41, 5.74) is 5.42. The van der Waals surface area contributed by atoms with Gasteiger partial charge in [0.15, 0.2) is 0 Å². The average molecular weight is 218 g/mol. The molecule has 1 rings (SSSR count). The topological polar surface area (TPSA) is 77.2 Å². The lowest BCUT2D eigenvalue weighted by molar-refractivity contribution is 0.206. The van der Waals surface area contributed by atoms with Gasteiger partial charge in [0.05, 0.1) is 6.61 Å². The Labute approximate surface area is 87.1 Å². The molecule has 0 bridgehead atoms. The fourth-order valence-corrected chi connectivity index (χ4v) is 1.02. The number of rotatable bonds is 4. The smallest absolute Gasteiger partial charge is 0.231 e. The number of nitrogens with two attached hydrogens (primary N) is 1. The third kappa shape index (κ3) is 2.97. The van der Waals surface area contributed by atoms with Crippen molar-refractivity contribution in [3.8, 4) is 0 Å². The van der Waals surface area contributed by atoms with E-state index in [4.69, 9.17) is 22.1 Å². The standard InChI is InChI=1S/C7H12ClN5O/c1-13(3-4-14-2)7-11-5(8)10-6(9)12-7/h3-4H2,1-2H3,(H2,9,10,11,12). The molecule has 0 saturated heterocycles. The molecule has 6 nitrogen and oxygen atoms in total. The van der Waals surface area contributed by atoms with Gasteiger partial charge in [-0.1, -0.05) is 0 Å². The van der Waals surface area contributed by atoms with Gasteiger partial charge in [0, 0.05) is 20.7 Å². The molecule has 1 aromatic heterocycles. The van der Waals surface area contributed by atoms with Gasteiger partial charge in [-0.25, -0.2) is 0 Å². The van der Waals surface area contributed by atoms with Crippen molar-refractivity contribution in [2.75, 3.05) is 37.9 Å². The highest BCUT2D eigenvalue weighted by Gasteiger charge is 2.06. The Morgan fingerprint density at radius 2 is 2.14 bits per heavy atom. The number of aromatic nitrogens is 3. The Morgan fingerprint density at radius 3 is 2.71 bits per heavy atom. The lowest BCUT2D eigenvalue weighted by Gasteiger charge is -2.15. The monoisotopic (exact) mass is 217 g/mol. The molecule has 0 unspecified atom stereocenters. The van der Waals surface area contributed by atoms with E-state index in [0.717, 1.165) is 0 Å². The van der Waals surface area contributed by atoms with Crippen LogP contribution in [0.5, 0.6) is 0 Å². The number of hydrogen-bond acceptors (Lipinski definition) is 6. The Hall–Kier alpha value is -1.14. The summed E-state index contributed by atoms with van der Waals surface area (Å²) in [6.07, 6.45) is 0. The normalized spacial score (nSPS) is 10.2. The quantitative estimate of drug-likeness (QED) is 0.776. The Balaban J connectivity index is 2.73. The van der Waals surface area contributed by atoms with Gasteiger partial charge < -0.3 is 15.4 Å². The van der Waals surface area contributed by atoms with E-state index in [9.17, 15) is 0 Å². The predicted molar refractivity (Wildman–Crippen MR) is 54.4 cm³/mol. The molecule has 1 aromatic rings. The maximum atomic E-state index is 5.63. The number of anilines is 2. The summed E-state index contributed by atoms with van der Waals surface area (Å²) in [5, 5.41) is 0.0942. The molecule has 0 aromatic carbocycles. The van der Waals surface area contributed by atoms with Crippen LogP contribution in [-0.4, -0.2) is 42.3 Å². The van der Waals surface area contributed by atoms with Gasteiger partial charge in [-0.2, -0.15) is 15.0 Å². The highest BCUT2D eigenvalue weighted by molar-refractivity contribution is 6.28. The number of nitrogen functional groups attached to an aromatic ring is 1. The van der Waals surface area contributed by atoms with Gasteiger partial charge >= 0.3 is 0 Å². The third-order valence-corrected chi connectivity index (χ3v) is 1.75. The fraction of sp³-hybridized carbons (Fsp3) is 0.571. The van der Waals surface area contributed by atoms with E-state index in [1.54, 1.807) is 12.0 Å². The molecule has 0 fully saturated rings. The lowest BCUT2D eigenvalue weighted by atomic mass is 10.6. The Bertz CT molecular complexity index is 288. The summed E-state index contributed by atoms with van der Waals surface area (Å²) in [4.78, 5) is 13.3. The SMILES string of the molecule is COCCN(C)c1nc(N)nc(Cl)n1. The molecule has 78 valence electrons. The van der Waals surface area contributed by atoms with Crippen LogP contribution in [0.15, 0.2) is 0 Å². The maximum absolute atomic E-state index is 5.63. The molecular formula is C7H12ClN5O. The zero-order chi connectivity index (χ0) is 10.6. The summed E-state index contributed by atoms with van der Waals surface area (Å²) in [5.74, 6) is 0.559. The van der Waals surface area contributed by atoms with Crippen molar-refractivity contribution in [3.63, 3.8) is 0 Å². The Kier molecular flexibility index (Phi) is 3.84. The summed E-state index contributed by atoms with van der Waals surface area (Å²) in [6.45, 7) is 1.25. The van der Waals surface area contributed by atoms with E-state index in [-0.39, 0.29) is 11.2 Å². The number of halogens is 1. The maximum Gasteiger partial charge on any atom is 0.231 e. The minimum Gasteiger partial charge on any atom is -0.383 e. The van der Waals surface area contributed by atoms with Crippen LogP contribution < -0.4 is 10.6 Å². The van der Waals surface area contributed by atoms with Crippen LogP contribution in [0.4, 0.5) is 11.9 Å². The van der Waals surface area contributed by atoms with Crippen LogP contribution in [0, 0.1) is 0 Å². The predicted octanol–water partition coefficient (Wildman–Crippen LogP) is 0.190. The first-order valence-electron chi connectivity index (χ1n) is 4.00. The number of methoxy groups -OCH3 is 1. The van der Waals surface area contributed by atoms with Crippen molar-refractivity contribution in [1.29, 1.82) is 0 Å². The van der Waals surface area contributed by atoms with Gasteiger partial charge in [-0.3, -0.25) is 0 Å². The number of hydrogen-bond donors (Lipinski definition) is 1. The van der Waals surface area contributed by atoms with Crippen molar-refractivity contribution < 1.29 is 4.74 Å². The largest absolute Gasteiger partial charge is 0.383 e. The first-order chi connectivity index (χ1) is 6.63. The van der Waals surface area contributed by atoms with Crippen molar-refractivity contribution in [2.24, 2.45) is 0 Å². The summed E-state index contributed by atoms with van der Waals surface area (Å²) < 4.78 is 4.92. The van der Waals surface area contributed by atoms with Crippen molar-refractivity contribution in [3.05, 3.63) is 5.28 Å². The lowest BCUT2D eigenvalue weighted by Crippen LogP contribution is -2.24. The number of likely N-dealkylation sites (N-methyl/N-ethyl adjacent to an activating group) is 1.